The summed E-state index contributed by atoms with van der Waals surface area (Å²) in [6.45, 7) is 1.67. The number of aromatic nitrogens is 4. The van der Waals surface area contributed by atoms with E-state index in [1.807, 2.05) is 18.2 Å². The number of fused-ring (bicyclic) bond motifs is 1. The smallest absolute Gasteiger partial charge is 0.167 e. The van der Waals surface area contributed by atoms with Gasteiger partial charge in [0, 0.05) is 6.04 Å². The Morgan fingerprint density at radius 1 is 1.14 bits per heavy atom. The Balaban J connectivity index is 1.57. The third-order valence-electron chi connectivity index (χ3n) is 4.92. The molecule has 0 bridgehead atoms. The van der Waals surface area contributed by atoms with Crippen LogP contribution in [0.2, 0.25) is 0 Å². The van der Waals surface area contributed by atoms with E-state index in [0.717, 1.165) is 6.42 Å². The summed E-state index contributed by atoms with van der Waals surface area (Å²) in [4.78, 5) is 12.9. The van der Waals surface area contributed by atoms with Gasteiger partial charge in [-0.1, -0.05) is 30.3 Å². The highest BCUT2D eigenvalue weighted by Gasteiger charge is 2.44. The fraction of sp³-hybridized carbons (Fsp3) is 0.421. The van der Waals surface area contributed by atoms with Crippen LogP contribution in [0.4, 0.5) is 5.82 Å². The number of hydrogen-bond acceptors (Lipinski definition) is 8. The largest absolute Gasteiger partial charge is 0.394 e. The lowest BCUT2D eigenvalue weighted by atomic mass is 10.1. The predicted molar refractivity (Wildman–Crippen MR) is 102 cm³/mol. The lowest BCUT2D eigenvalue weighted by Crippen LogP contribution is -2.33. The van der Waals surface area contributed by atoms with Crippen molar-refractivity contribution in [1.82, 2.24) is 19.5 Å². The first-order valence-electron chi connectivity index (χ1n) is 9.19. The summed E-state index contributed by atoms with van der Waals surface area (Å²) in [6, 6.07) is 10.3. The summed E-state index contributed by atoms with van der Waals surface area (Å²) < 4.78 is 7.13. The number of nitrogens with one attached hydrogen (secondary N) is 1. The van der Waals surface area contributed by atoms with Crippen LogP contribution in [0.3, 0.4) is 0 Å². The van der Waals surface area contributed by atoms with Gasteiger partial charge in [-0.15, -0.1) is 0 Å². The highest BCUT2D eigenvalue weighted by atomic mass is 16.6. The molecule has 3 aromatic rings. The normalized spacial score (nSPS) is 25.9. The van der Waals surface area contributed by atoms with Gasteiger partial charge < -0.3 is 25.4 Å². The second kappa shape index (κ2) is 7.80. The minimum atomic E-state index is -1.20. The van der Waals surface area contributed by atoms with Gasteiger partial charge in [-0.25, -0.2) is 15.0 Å². The third kappa shape index (κ3) is 3.45. The van der Waals surface area contributed by atoms with E-state index in [1.165, 1.54) is 18.2 Å². The van der Waals surface area contributed by atoms with Gasteiger partial charge in [0.25, 0.3) is 0 Å². The first-order valence-corrected chi connectivity index (χ1v) is 9.19. The Labute approximate surface area is 161 Å². The molecule has 1 saturated heterocycles. The molecule has 0 spiro atoms. The van der Waals surface area contributed by atoms with E-state index in [1.54, 1.807) is 4.57 Å². The van der Waals surface area contributed by atoms with Crippen molar-refractivity contribution in [3.8, 4) is 0 Å². The van der Waals surface area contributed by atoms with E-state index in [2.05, 4.69) is 39.3 Å². The van der Waals surface area contributed by atoms with Crippen molar-refractivity contribution in [1.29, 1.82) is 0 Å². The minimum absolute atomic E-state index is 0.111. The van der Waals surface area contributed by atoms with Crippen molar-refractivity contribution >= 4 is 17.0 Å². The molecule has 2 aromatic heterocycles. The first kappa shape index (κ1) is 18.8. The van der Waals surface area contributed by atoms with Gasteiger partial charge in [-0.3, -0.25) is 4.57 Å². The van der Waals surface area contributed by atoms with E-state index in [9.17, 15) is 15.3 Å². The van der Waals surface area contributed by atoms with E-state index in [0.29, 0.717) is 17.0 Å². The number of aliphatic hydroxyl groups excluding tert-OH is 3. The summed E-state index contributed by atoms with van der Waals surface area (Å²) in [5.41, 5.74) is 2.23. The average Bonchev–Trinajstić information content (AvgIpc) is 3.25. The second-order valence-corrected chi connectivity index (χ2v) is 7.01. The Morgan fingerprint density at radius 3 is 2.64 bits per heavy atom. The zero-order valence-corrected chi connectivity index (χ0v) is 15.4. The van der Waals surface area contributed by atoms with Crippen molar-refractivity contribution in [2.75, 3.05) is 11.9 Å². The van der Waals surface area contributed by atoms with Crippen LogP contribution in [0.25, 0.3) is 11.2 Å². The fourth-order valence-electron chi connectivity index (χ4n) is 3.51. The summed E-state index contributed by atoms with van der Waals surface area (Å²) in [5.74, 6) is 0.582. The molecule has 1 aliphatic heterocycles. The number of ether oxygens (including phenoxy) is 1. The molecule has 5 atom stereocenters. The van der Waals surface area contributed by atoms with Crippen molar-refractivity contribution in [3.05, 3.63) is 48.5 Å². The molecule has 1 unspecified atom stereocenters. The van der Waals surface area contributed by atoms with Crippen molar-refractivity contribution < 1.29 is 20.1 Å². The molecule has 1 aromatic carbocycles. The highest BCUT2D eigenvalue weighted by molar-refractivity contribution is 5.82. The van der Waals surface area contributed by atoms with Gasteiger partial charge in [0.2, 0.25) is 0 Å². The zero-order valence-electron chi connectivity index (χ0n) is 15.4. The number of imidazole rings is 1. The number of benzene rings is 1. The van der Waals surface area contributed by atoms with Crippen LogP contribution in [0.15, 0.2) is 43.0 Å². The fourth-order valence-corrected chi connectivity index (χ4v) is 3.51. The standard InChI is InChI=1S/C19H23N5O4/c1-11(7-12-5-3-2-4-6-12)23-17-14-18(21-9-20-17)24(10-22-14)19-16(27)15(26)13(8-25)28-19/h2-6,9-11,13,15-16,19,25-27H,7-8H2,1H3,(H,20,21,23)/t11-,13-,15?,16+,19-/m1/s1. The van der Waals surface area contributed by atoms with E-state index in [4.69, 9.17) is 4.74 Å². The average molecular weight is 385 g/mol. The molecule has 28 heavy (non-hydrogen) atoms. The van der Waals surface area contributed by atoms with Crippen molar-refractivity contribution in [2.24, 2.45) is 0 Å². The molecule has 0 amide bonds. The lowest BCUT2D eigenvalue weighted by molar-refractivity contribution is -0.0511. The van der Waals surface area contributed by atoms with Crippen LogP contribution in [0.5, 0.6) is 0 Å². The lowest BCUT2D eigenvalue weighted by Gasteiger charge is -2.17. The maximum Gasteiger partial charge on any atom is 0.167 e. The number of aliphatic hydroxyl groups is 3. The first-order chi connectivity index (χ1) is 13.6. The Morgan fingerprint density at radius 2 is 1.93 bits per heavy atom. The van der Waals surface area contributed by atoms with Crippen LogP contribution in [-0.2, 0) is 11.2 Å². The summed E-state index contributed by atoms with van der Waals surface area (Å²) >= 11 is 0. The molecule has 0 aliphatic carbocycles. The second-order valence-electron chi connectivity index (χ2n) is 7.01. The van der Waals surface area contributed by atoms with E-state index >= 15 is 0 Å². The van der Waals surface area contributed by atoms with Gasteiger partial charge in [0.1, 0.15) is 24.6 Å². The number of anilines is 1. The van der Waals surface area contributed by atoms with E-state index in [-0.39, 0.29) is 12.6 Å². The van der Waals surface area contributed by atoms with Crippen LogP contribution in [-0.4, -0.2) is 65.8 Å². The zero-order chi connectivity index (χ0) is 19.7. The number of nitrogens with zero attached hydrogens (tertiary/aromatic N) is 4. The van der Waals surface area contributed by atoms with Gasteiger partial charge in [0.15, 0.2) is 23.2 Å². The monoisotopic (exact) mass is 385 g/mol. The van der Waals surface area contributed by atoms with Gasteiger partial charge >= 0.3 is 0 Å². The van der Waals surface area contributed by atoms with Gasteiger partial charge in [-0.05, 0) is 18.9 Å². The van der Waals surface area contributed by atoms with Crippen LogP contribution in [0.1, 0.15) is 18.7 Å². The van der Waals surface area contributed by atoms with Crippen LogP contribution >= 0.6 is 0 Å². The Bertz CT molecular complexity index is 934. The topological polar surface area (TPSA) is 126 Å². The predicted octanol–water partition coefficient (Wildman–Crippen LogP) is 0.481. The highest BCUT2D eigenvalue weighted by Crippen LogP contribution is 2.32. The van der Waals surface area contributed by atoms with Crippen LogP contribution < -0.4 is 5.32 Å². The van der Waals surface area contributed by atoms with E-state index < -0.39 is 24.5 Å². The minimum Gasteiger partial charge on any atom is -0.394 e. The molecular weight excluding hydrogens is 362 g/mol. The molecular formula is C19H23N5O4. The molecule has 3 heterocycles. The Kier molecular flexibility index (Phi) is 5.23. The maximum absolute atomic E-state index is 10.3. The number of hydrogen-bond donors (Lipinski definition) is 4. The summed E-state index contributed by atoms with van der Waals surface area (Å²) in [7, 11) is 0. The summed E-state index contributed by atoms with van der Waals surface area (Å²) in [5, 5.41) is 32.9. The SMILES string of the molecule is C[C@H](Cc1ccccc1)Nc1ncnc2c1ncn2[C@@H]1O[C@H](CO)C(O)[C@@H]1O. The van der Waals surface area contributed by atoms with Crippen molar-refractivity contribution in [2.45, 2.75) is 43.9 Å². The van der Waals surface area contributed by atoms with Crippen molar-refractivity contribution in [3.63, 3.8) is 0 Å². The maximum atomic E-state index is 10.3. The molecule has 4 N–H and O–H groups in total. The van der Waals surface area contributed by atoms with Crippen LogP contribution in [0, 0.1) is 0 Å². The molecule has 1 aliphatic rings. The van der Waals surface area contributed by atoms with Gasteiger partial charge in [-0.2, -0.15) is 0 Å². The van der Waals surface area contributed by atoms with Gasteiger partial charge in [0.05, 0.1) is 12.9 Å². The third-order valence-corrected chi connectivity index (χ3v) is 4.92. The molecule has 148 valence electrons. The molecule has 0 saturated carbocycles. The molecule has 9 heteroatoms. The quantitative estimate of drug-likeness (QED) is 0.483. The Hall–Kier alpha value is -2.59. The molecule has 0 radical (unpaired) electrons. The molecule has 1 fully saturated rings. The molecule has 9 nitrogen and oxygen atoms in total. The summed E-state index contributed by atoms with van der Waals surface area (Å²) in [6.07, 6.45) is -0.395. The molecule has 4 rings (SSSR count). The number of rotatable bonds is 6.